The van der Waals surface area contributed by atoms with Crippen LogP contribution < -0.4 is 0 Å². The molecule has 320 valence electrons. The summed E-state index contributed by atoms with van der Waals surface area (Å²) in [5, 5.41) is 0. The van der Waals surface area contributed by atoms with Crippen LogP contribution in [0.2, 0.25) is 0 Å². The molecule has 0 radical (unpaired) electrons. The van der Waals surface area contributed by atoms with Crippen LogP contribution in [-0.2, 0) is 46.8 Å². The zero-order chi connectivity index (χ0) is 44.9. The molecule has 0 saturated heterocycles. The lowest BCUT2D eigenvalue weighted by molar-refractivity contribution is -0.134. The van der Waals surface area contributed by atoms with E-state index in [2.05, 4.69) is 63.8 Å². The average Bonchev–Trinajstić information content (AvgIpc) is 3.24. The molecule has 0 aromatic heterocycles. The summed E-state index contributed by atoms with van der Waals surface area (Å²) in [5.41, 5.74) is 4.30. The maximum absolute atomic E-state index is 16.4. The summed E-state index contributed by atoms with van der Waals surface area (Å²) in [4.78, 5) is 16.6. The first-order valence-corrected chi connectivity index (χ1v) is 24.5. The third-order valence-electron chi connectivity index (χ3n) is 11.7. The summed E-state index contributed by atoms with van der Waals surface area (Å²) >= 11 is 0. The van der Waals surface area contributed by atoms with E-state index >= 15 is 4.79 Å². The van der Waals surface area contributed by atoms with Crippen LogP contribution in [0, 0.1) is 35.5 Å². The second-order valence-corrected chi connectivity index (χ2v) is 21.1. The van der Waals surface area contributed by atoms with E-state index in [0.717, 1.165) is 34.8 Å². The summed E-state index contributed by atoms with van der Waals surface area (Å²) < 4.78 is 64.0. The monoisotopic (exact) mass is 866 g/mol. The van der Waals surface area contributed by atoms with Gasteiger partial charge < -0.3 is 9.47 Å². The normalized spacial score (nSPS) is 19.1. The van der Waals surface area contributed by atoms with Gasteiger partial charge in [-0.1, -0.05) is 124 Å². The lowest BCUT2D eigenvalue weighted by Gasteiger charge is -2.42. The zero-order valence-corrected chi connectivity index (χ0v) is 37.9. The van der Waals surface area contributed by atoms with E-state index in [1.54, 1.807) is 36.4 Å². The molecule has 2 unspecified atom stereocenters. The average molecular weight is 867 g/mol. The van der Waals surface area contributed by atoms with E-state index in [-0.39, 0.29) is 54.5 Å². The molecule has 0 bridgehead atoms. The van der Waals surface area contributed by atoms with Gasteiger partial charge in [0.15, 0.2) is 25.5 Å². The molecule has 7 nitrogen and oxygen atoms in total. The number of ether oxygens (including phenoxy) is 2. The van der Waals surface area contributed by atoms with Crippen molar-refractivity contribution in [2.75, 3.05) is 25.7 Å². The van der Waals surface area contributed by atoms with Crippen LogP contribution in [0.1, 0.15) is 85.8 Å². The fraction of sp³-hybridized carbons (Fsp3) is 0.302. The molecular formula is C53H54O7S2. The van der Waals surface area contributed by atoms with Crippen LogP contribution in [0.15, 0.2) is 143 Å². The molecule has 4 aromatic carbocycles. The Morgan fingerprint density at radius 2 is 0.984 bits per heavy atom. The molecule has 0 N–H and O–H groups in total. The number of rotatable bonds is 16. The number of Topliss-reactive ketones (excluding diaryl/α,β-unsaturated/α-hetero) is 1. The smallest absolute Gasteiger partial charge is 0.175 e. The Bertz CT molecular complexity index is 2580. The number of terminal acetylenes is 2. The van der Waals surface area contributed by atoms with Crippen LogP contribution in [0.3, 0.4) is 0 Å². The molecule has 6 rings (SSSR count). The van der Waals surface area contributed by atoms with Crippen molar-refractivity contribution in [3.63, 3.8) is 0 Å². The van der Waals surface area contributed by atoms with E-state index in [4.69, 9.17) is 22.3 Å². The SMILES string of the molecule is C#CCOC1=CC(Cc2cccc(S(C)(=O)=O)c2)(C(=O)C2(Cc3cccc(S(C)(=O)=O)c3)C=C(OCC#C)C(c3ccc(C(C)C)cc3)=CC2)CC=C1c1ccc(C(C)C)cc1. The first-order chi connectivity index (χ1) is 29.4. The Morgan fingerprint density at radius 3 is 1.31 bits per heavy atom. The van der Waals surface area contributed by atoms with E-state index in [9.17, 15) is 16.8 Å². The molecule has 2 aliphatic rings. The fourth-order valence-corrected chi connectivity index (χ4v) is 9.74. The van der Waals surface area contributed by atoms with Crippen molar-refractivity contribution < 1.29 is 31.1 Å². The summed E-state index contributed by atoms with van der Waals surface area (Å²) in [5.74, 6) is 6.47. The van der Waals surface area contributed by atoms with Crippen molar-refractivity contribution in [2.45, 2.75) is 75.0 Å². The number of sulfone groups is 2. The van der Waals surface area contributed by atoms with Crippen LogP contribution in [0.25, 0.3) is 11.1 Å². The molecule has 9 heteroatoms. The summed E-state index contributed by atoms with van der Waals surface area (Å²) in [6, 6.07) is 29.8. The first-order valence-electron chi connectivity index (χ1n) is 20.7. The molecule has 0 amide bonds. The van der Waals surface area contributed by atoms with Gasteiger partial charge in [0, 0.05) is 23.7 Å². The zero-order valence-electron chi connectivity index (χ0n) is 36.3. The van der Waals surface area contributed by atoms with Crippen LogP contribution >= 0.6 is 0 Å². The molecule has 2 atom stereocenters. The molecule has 0 spiro atoms. The number of carbonyl (C=O) groups excluding carboxylic acids is 1. The molecule has 2 aliphatic carbocycles. The Balaban J connectivity index is 1.59. The fourth-order valence-electron chi connectivity index (χ4n) is 8.36. The Hall–Kier alpha value is -5.87. The topological polar surface area (TPSA) is 104 Å². The number of hydrogen-bond donors (Lipinski definition) is 0. The second kappa shape index (κ2) is 18.6. The number of benzene rings is 4. The predicted octanol–water partition coefficient (Wildman–Crippen LogP) is 10.1. The lowest BCUT2D eigenvalue weighted by atomic mass is 9.59. The summed E-state index contributed by atoms with van der Waals surface area (Å²) in [6.45, 7) is 8.40. The van der Waals surface area contributed by atoms with Gasteiger partial charge >= 0.3 is 0 Å². The molecule has 0 saturated carbocycles. The van der Waals surface area contributed by atoms with Gasteiger partial charge in [0.1, 0.15) is 24.7 Å². The molecule has 0 fully saturated rings. The van der Waals surface area contributed by atoms with Crippen molar-refractivity contribution in [3.05, 3.63) is 166 Å². The minimum atomic E-state index is -3.59. The van der Waals surface area contributed by atoms with Crippen molar-refractivity contribution >= 4 is 36.6 Å². The molecule has 4 aromatic rings. The van der Waals surface area contributed by atoms with E-state index < -0.39 is 30.5 Å². The molecule has 62 heavy (non-hydrogen) atoms. The van der Waals surface area contributed by atoms with Crippen molar-refractivity contribution in [1.29, 1.82) is 0 Å². The predicted molar refractivity (Wildman–Crippen MR) is 248 cm³/mol. The first kappa shape index (κ1) is 45.7. The Labute approximate surface area is 368 Å². The maximum Gasteiger partial charge on any atom is 0.175 e. The van der Waals surface area contributed by atoms with Gasteiger partial charge in [-0.05, 0) is 107 Å². The third-order valence-corrected chi connectivity index (χ3v) is 13.9. The van der Waals surface area contributed by atoms with Gasteiger partial charge in [-0.2, -0.15) is 0 Å². The number of hydrogen-bond acceptors (Lipinski definition) is 7. The van der Waals surface area contributed by atoms with Crippen LogP contribution in [-0.4, -0.2) is 48.3 Å². The largest absolute Gasteiger partial charge is 0.481 e. The van der Waals surface area contributed by atoms with Gasteiger partial charge in [0.05, 0.1) is 20.6 Å². The van der Waals surface area contributed by atoms with Crippen LogP contribution in [0.4, 0.5) is 0 Å². The van der Waals surface area contributed by atoms with E-state index in [0.29, 0.717) is 34.5 Å². The summed E-state index contributed by atoms with van der Waals surface area (Å²) in [7, 11) is -7.17. The number of ketones is 1. The van der Waals surface area contributed by atoms with Gasteiger partial charge in [-0.15, -0.1) is 12.8 Å². The van der Waals surface area contributed by atoms with Gasteiger partial charge in [-0.3, -0.25) is 4.79 Å². The number of allylic oxidation sites excluding steroid dienone is 6. The van der Waals surface area contributed by atoms with Crippen molar-refractivity contribution in [1.82, 2.24) is 0 Å². The molecule has 0 heterocycles. The highest BCUT2D eigenvalue weighted by atomic mass is 32.2. The highest BCUT2D eigenvalue weighted by Gasteiger charge is 2.50. The third kappa shape index (κ3) is 10.2. The van der Waals surface area contributed by atoms with Crippen molar-refractivity contribution in [2.24, 2.45) is 10.8 Å². The van der Waals surface area contributed by atoms with Crippen LogP contribution in [0.5, 0.6) is 0 Å². The highest BCUT2D eigenvalue weighted by Crippen LogP contribution is 2.50. The quantitative estimate of drug-likeness (QED) is 0.103. The van der Waals surface area contributed by atoms with E-state index in [1.807, 2.05) is 60.7 Å². The van der Waals surface area contributed by atoms with E-state index in [1.165, 1.54) is 11.1 Å². The molecule has 0 aliphatic heterocycles. The maximum atomic E-state index is 16.4. The minimum absolute atomic E-state index is 0.0593. The van der Waals surface area contributed by atoms with Crippen molar-refractivity contribution in [3.8, 4) is 24.7 Å². The Kier molecular flexibility index (Phi) is 13.7. The standard InChI is InChI=1S/C53H54O7S2/c1-9-29-59-49-35-52(33-39-13-11-15-45(31-39)61(7,55)56,27-25-47(49)43-21-17-41(18-22-43)37(3)4)51(54)53(34-40-14-12-16-46(32-40)62(8,57)58)28-26-48(50(36-53)60-30-10-2)44-23-19-42(20-24-44)38(5)6/h1-2,11-26,31-32,35-38H,27-30,33-34H2,3-8H3. The summed E-state index contributed by atoms with van der Waals surface area (Å²) in [6.07, 6.45) is 22.3. The second-order valence-electron chi connectivity index (χ2n) is 17.0. The van der Waals surface area contributed by atoms with Gasteiger partial charge in [0.2, 0.25) is 0 Å². The Morgan fingerprint density at radius 1 is 0.613 bits per heavy atom. The van der Waals surface area contributed by atoms with Gasteiger partial charge in [-0.25, -0.2) is 16.8 Å². The highest BCUT2D eigenvalue weighted by molar-refractivity contribution is 7.91. The van der Waals surface area contributed by atoms with Gasteiger partial charge in [0.25, 0.3) is 0 Å². The lowest BCUT2D eigenvalue weighted by Crippen LogP contribution is -2.46. The minimum Gasteiger partial charge on any atom is -0.481 e. The molecular weight excluding hydrogens is 813 g/mol. The number of carbonyl (C=O) groups is 1.